The summed E-state index contributed by atoms with van der Waals surface area (Å²) in [6.07, 6.45) is 4.73. The molecule has 0 bridgehead atoms. The first-order chi connectivity index (χ1) is 20.2. The SMILES string of the molecule is C1CNCCN1.O=C(O)CCc1ccc2c(c1)c(CCc1ccccc1)cn2-c1ccc(Oc2ccccc2)cc1. The summed E-state index contributed by atoms with van der Waals surface area (Å²) in [6, 6.07) is 34.6. The summed E-state index contributed by atoms with van der Waals surface area (Å²) in [4.78, 5) is 11.1. The number of para-hydroxylation sites is 1. The molecule has 4 aromatic carbocycles. The number of fused-ring (bicyclic) bond motifs is 1. The molecule has 6 heteroatoms. The topological polar surface area (TPSA) is 75.5 Å². The number of nitrogens with zero attached hydrogens (tertiary/aromatic N) is 1. The second kappa shape index (κ2) is 14.3. The van der Waals surface area contributed by atoms with E-state index in [1.807, 2.05) is 54.6 Å². The normalized spacial score (nSPS) is 12.9. The number of carboxylic acids is 1. The number of nitrogens with one attached hydrogen (secondary N) is 2. The maximum Gasteiger partial charge on any atom is 0.303 e. The van der Waals surface area contributed by atoms with Crippen LogP contribution in [0.15, 0.2) is 109 Å². The van der Waals surface area contributed by atoms with E-state index in [9.17, 15) is 4.79 Å². The molecule has 1 aromatic heterocycles. The van der Waals surface area contributed by atoms with Crippen LogP contribution in [0.1, 0.15) is 23.1 Å². The first-order valence-electron chi connectivity index (χ1n) is 14.3. The van der Waals surface area contributed by atoms with Gasteiger partial charge in [0.05, 0.1) is 5.52 Å². The predicted octanol–water partition coefficient (Wildman–Crippen LogP) is 6.40. The Bertz CT molecular complexity index is 1510. The molecule has 0 saturated carbocycles. The van der Waals surface area contributed by atoms with Crippen LogP contribution in [-0.2, 0) is 24.1 Å². The van der Waals surface area contributed by atoms with Gasteiger partial charge in [-0.1, -0.05) is 54.6 Å². The number of aliphatic carboxylic acids is 1. The Morgan fingerprint density at radius 2 is 1.34 bits per heavy atom. The number of hydrogen-bond donors (Lipinski definition) is 3. The van der Waals surface area contributed by atoms with Gasteiger partial charge in [-0.2, -0.15) is 0 Å². The standard InChI is InChI=1S/C31H27NO3.C4H10N2/c33-31(34)20-13-24-12-19-30-29(21-24)25(14-11-23-7-3-1-4-8-23)22-32(30)26-15-17-28(18-16-26)35-27-9-5-2-6-10-27;1-2-6-4-3-5-1/h1-10,12,15-19,21-22H,11,13-14,20H2,(H,33,34);5-6H,1-4H2. The molecule has 1 saturated heterocycles. The number of piperazine rings is 1. The average Bonchev–Trinajstić information content (AvgIpc) is 3.39. The number of aromatic nitrogens is 1. The molecular formula is C35H37N3O3. The van der Waals surface area contributed by atoms with Crippen molar-refractivity contribution in [2.24, 2.45) is 0 Å². The van der Waals surface area contributed by atoms with E-state index in [1.54, 1.807) is 0 Å². The van der Waals surface area contributed by atoms with Crippen molar-refractivity contribution >= 4 is 16.9 Å². The van der Waals surface area contributed by atoms with Crippen LogP contribution in [0.2, 0.25) is 0 Å². The Hall–Kier alpha value is -4.39. The first kappa shape index (κ1) is 28.1. The smallest absolute Gasteiger partial charge is 0.303 e. The second-order valence-electron chi connectivity index (χ2n) is 10.2. The van der Waals surface area contributed by atoms with Gasteiger partial charge in [0.15, 0.2) is 0 Å². The lowest BCUT2D eigenvalue weighted by Gasteiger charge is -2.11. The monoisotopic (exact) mass is 547 g/mol. The average molecular weight is 548 g/mol. The van der Waals surface area contributed by atoms with Gasteiger partial charge in [-0.15, -0.1) is 0 Å². The number of hydrogen-bond acceptors (Lipinski definition) is 4. The molecule has 210 valence electrons. The van der Waals surface area contributed by atoms with Crippen molar-refractivity contribution in [2.45, 2.75) is 25.7 Å². The van der Waals surface area contributed by atoms with E-state index in [4.69, 9.17) is 9.84 Å². The zero-order valence-electron chi connectivity index (χ0n) is 23.3. The maximum atomic E-state index is 11.1. The minimum absolute atomic E-state index is 0.133. The minimum atomic E-state index is -0.773. The summed E-state index contributed by atoms with van der Waals surface area (Å²) >= 11 is 0. The van der Waals surface area contributed by atoms with E-state index in [-0.39, 0.29) is 6.42 Å². The summed E-state index contributed by atoms with van der Waals surface area (Å²) < 4.78 is 8.17. The molecule has 0 radical (unpaired) electrons. The largest absolute Gasteiger partial charge is 0.481 e. The molecule has 0 amide bonds. The van der Waals surface area contributed by atoms with Gasteiger partial charge in [0, 0.05) is 49.9 Å². The second-order valence-corrected chi connectivity index (χ2v) is 10.2. The maximum absolute atomic E-state index is 11.1. The molecule has 0 spiro atoms. The van der Waals surface area contributed by atoms with E-state index < -0.39 is 5.97 Å². The Kier molecular flexibility index (Phi) is 9.82. The highest BCUT2D eigenvalue weighted by Crippen LogP contribution is 2.29. The fourth-order valence-corrected chi connectivity index (χ4v) is 4.99. The molecule has 0 atom stereocenters. The number of benzene rings is 4. The van der Waals surface area contributed by atoms with Gasteiger partial charge in [0.1, 0.15) is 11.5 Å². The lowest BCUT2D eigenvalue weighted by Crippen LogP contribution is -2.39. The summed E-state index contributed by atoms with van der Waals surface area (Å²) in [5, 5.41) is 16.7. The van der Waals surface area contributed by atoms with Crippen molar-refractivity contribution in [1.29, 1.82) is 0 Å². The van der Waals surface area contributed by atoms with Gasteiger partial charge in [0.2, 0.25) is 0 Å². The third kappa shape index (κ3) is 8.07. The van der Waals surface area contributed by atoms with Gasteiger partial charge < -0.3 is 25.0 Å². The van der Waals surface area contributed by atoms with Crippen molar-refractivity contribution in [3.8, 4) is 17.2 Å². The molecule has 1 aliphatic heterocycles. The van der Waals surface area contributed by atoms with Crippen LogP contribution >= 0.6 is 0 Å². The summed E-state index contributed by atoms with van der Waals surface area (Å²) in [6.45, 7) is 4.56. The van der Waals surface area contributed by atoms with E-state index in [1.165, 1.54) is 16.5 Å². The molecular weight excluding hydrogens is 510 g/mol. The van der Waals surface area contributed by atoms with Gasteiger partial charge in [-0.05, 0) is 84.5 Å². The fourth-order valence-electron chi connectivity index (χ4n) is 4.99. The lowest BCUT2D eigenvalue weighted by molar-refractivity contribution is -0.136. The Morgan fingerprint density at radius 3 is 1.98 bits per heavy atom. The van der Waals surface area contributed by atoms with Crippen molar-refractivity contribution in [1.82, 2.24) is 15.2 Å². The van der Waals surface area contributed by atoms with Gasteiger partial charge >= 0.3 is 5.97 Å². The van der Waals surface area contributed by atoms with Crippen LogP contribution in [0.5, 0.6) is 11.5 Å². The fraction of sp³-hybridized carbons (Fsp3) is 0.229. The zero-order chi connectivity index (χ0) is 28.3. The molecule has 2 heterocycles. The summed E-state index contributed by atoms with van der Waals surface area (Å²) in [5.41, 5.74) is 5.78. The van der Waals surface area contributed by atoms with Crippen LogP contribution in [-0.4, -0.2) is 41.8 Å². The van der Waals surface area contributed by atoms with Crippen molar-refractivity contribution < 1.29 is 14.6 Å². The molecule has 5 aromatic rings. The van der Waals surface area contributed by atoms with Crippen LogP contribution < -0.4 is 15.4 Å². The third-order valence-corrected chi connectivity index (χ3v) is 7.16. The number of carboxylic acid groups (broad SMARTS) is 1. The first-order valence-corrected chi connectivity index (χ1v) is 14.3. The number of carbonyl (C=O) groups is 1. The van der Waals surface area contributed by atoms with E-state index in [0.717, 1.165) is 67.3 Å². The van der Waals surface area contributed by atoms with Gasteiger partial charge in [-0.25, -0.2) is 0 Å². The molecule has 41 heavy (non-hydrogen) atoms. The molecule has 6 nitrogen and oxygen atoms in total. The van der Waals surface area contributed by atoms with Crippen molar-refractivity contribution in [3.63, 3.8) is 0 Å². The van der Waals surface area contributed by atoms with Crippen LogP contribution in [0.25, 0.3) is 16.6 Å². The van der Waals surface area contributed by atoms with Crippen LogP contribution in [0.4, 0.5) is 0 Å². The third-order valence-electron chi connectivity index (χ3n) is 7.16. The molecule has 0 aliphatic carbocycles. The van der Waals surface area contributed by atoms with E-state index in [2.05, 4.69) is 69.9 Å². The molecule has 6 rings (SSSR count). The minimum Gasteiger partial charge on any atom is -0.481 e. The quantitative estimate of drug-likeness (QED) is 0.199. The van der Waals surface area contributed by atoms with Crippen LogP contribution in [0.3, 0.4) is 0 Å². The lowest BCUT2D eigenvalue weighted by atomic mass is 10.0. The van der Waals surface area contributed by atoms with Gasteiger partial charge in [0.25, 0.3) is 0 Å². The number of aryl methyl sites for hydroxylation is 3. The predicted molar refractivity (Wildman–Crippen MR) is 165 cm³/mol. The Balaban J connectivity index is 0.000000500. The number of ether oxygens (including phenoxy) is 1. The molecule has 3 N–H and O–H groups in total. The van der Waals surface area contributed by atoms with Crippen molar-refractivity contribution in [2.75, 3.05) is 26.2 Å². The van der Waals surface area contributed by atoms with Crippen LogP contribution in [0, 0.1) is 0 Å². The Labute approximate surface area is 241 Å². The zero-order valence-corrected chi connectivity index (χ0v) is 23.3. The summed E-state index contributed by atoms with van der Waals surface area (Å²) in [5.74, 6) is 0.824. The summed E-state index contributed by atoms with van der Waals surface area (Å²) in [7, 11) is 0. The highest BCUT2D eigenvalue weighted by Gasteiger charge is 2.12. The van der Waals surface area contributed by atoms with E-state index >= 15 is 0 Å². The molecule has 0 unspecified atom stereocenters. The number of rotatable bonds is 9. The Morgan fingerprint density at radius 1 is 0.707 bits per heavy atom. The highest BCUT2D eigenvalue weighted by molar-refractivity contribution is 5.86. The highest BCUT2D eigenvalue weighted by atomic mass is 16.5. The molecule has 1 aliphatic rings. The van der Waals surface area contributed by atoms with Crippen molar-refractivity contribution in [3.05, 3.63) is 126 Å². The molecule has 1 fully saturated rings. The van der Waals surface area contributed by atoms with Gasteiger partial charge in [-0.3, -0.25) is 4.79 Å². The van der Waals surface area contributed by atoms with E-state index in [0.29, 0.717) is 6.42 Å².